The van der Waals surface area contributed by atoms with Gasteiger partial charge in [0.15, 0.2) is 6.10 Å². The highest BCUT2D eigenvalue weighted by Crippen LogP contribution is 2.14. The summed E-state index contributed by atoms with van der Waals surface area (Å²) in [5.41, 5.74) is 4.50. The van der Waals surface area contributed by atoms with Gasteiger partial charge in [0.1, 0.15) is 5.75 Å². The summed E-state index contributed by atoms with van der Waals surface area (Å²) in [4.78, 5) is 26.1. The van der Waals surface area contributed by atoms with Gasteiger partial charge < -0.3 is 10.5 Å². The predicted octanol–water partition coefficient (Wildman–Crippen LogP) is -0.160. The first-order chi connectivity index (χ1) is 8.25. The van der Waals surface area contributed by atoms with Crippen molar-refractivity contribution in [3.8, 4) is 5.75 Å². The highest BCUT2D eigenvalue weighted by Gasteiger charge is 2.27. The molecule has 0 bridgehead atoms. The van der Waals surface area contributed by atoms with Crippen molar-refractivity contribution in [3.05, 3.63) is 24.5 Å². The lowest BCUT2D eigenvalue weighted by molar-refractivity contribution is -0.138. The molecule has 1 unspecified atom stereocenters. The minimum absolute atomic E-state index is 0.244. The van der Waals surface area contributed by atoms with Gasteiger partial charge in [-0.3, -0.25) is 19.9 Å². The van der Waals surface area contributed by atoms with Crippen molar-refractivity contribution in [2.45, 2.75) is 18.9 Å². The summed E-state index contributed by atoms with van der Waals surface area (Å²) in [7, 11) is 1.50. The molecule has 0 aromatic carbocycles. The number of nitrogens with two attached hydrogens (primary N) is 1. The van der Waals surface area contributed by atoms with Crippen LogP contribution >= 0.6 is 0 Å². The Morgan fingerprint density at radius 3 is 2.82 bits per heavy atom. The number of carbonyl (C=O) groups excluding carboxylic acids is 2. The van der Waals surface area contributed by atoms with E-state index < -0.39 is 6.10 Å². The van der Waals surface area contributed by atoms with Gasteiger partial charge >= 0.3 is 0 Å². The summed E-state index contributed by atoms with van der Waals surface area (Å²) in [6, 6.07) is 3.44. The highest BCUT2D eigenvalue weighted by atomic mass is 16.5. The largest absolute Gasteiger partial charge is 0.479 e. The summed E-state index contributed by atoms with van der Waals surface area (Å²) in [5.74, 6) is -0.0897. The number of piperidine rings is 1. The summed E-state index contributed by atoms with van der Waals surface area (Å²) in [5, 5.41) is 2.23. The maximum atomic E-state index is 11.3. The first-order valence-electron chi connectivity index (χ1n) is 5.24. The van der Waals surface area contributed by atoms with Crippen LogP contribution in [-0.2, 0) is 9.59 Å². The van der Waals surface area contributed by atoms with E-state index in [0.29, 0.717) is 18.6 Å². The Balaban J connectivity index is 0.000000686. The smallest absolute Gasteiger partial charge is 0.267 e. The van der Waals surface area contributed by atoms with Gasteiger partial charge in [-0.1, -0.05) is 0 Å². The molecule has 3 N–H and O–H groups in total. The van der Waals surface area contributed by atoms with E-state index in [1.165, 1.54) is 13.2 Å². The fourth-order valence-electron chi connectivity index (χ4n) is 1.37. The number of ether oxygens (including phenoxy) is 1. The average Bonchev–Trinajstić information content (AvgIpc) is 2.37. The minimum Gasteiger partial charge on any atom is -0.479 e. The SMILES string of the molecule is CN.O=C1CCC(Oc2cccnc2)C(=O)N1. The molecule has 1 aromatic rings. The van der Waals surface area contributed by atoms with Crippen molar-refractivity contribution in [2.24, 2.45) is 5.73 Å². The Morgan fingerprint density at radius 2 is 2.24 bits per heavy atom. The standard InChI is InChI=1S/C10H10N2O3.CH5N/c13-9-4-3-8(10(14)12-9)15-7-2-1-5-11-6-7;1-2/h1-2,5-6,8H,3-4H2,(H,12,13,14);2H2,1H3. The Hall–Kier alpha value is -1.95. The first kappa shape index (κ1) is 13.1. The molecule has 0 spiro atoms. The van der Waals surface area contributed by atoms with Crippen LogP contribution in [-0.4, -0.2) is 29.9 Å². The third kappa shape index (κ3) is 3.84. The van der Waals surface area contributed by atoms with E-state index in [4.69, 9.17) is 4.74 Å². The van der Waals surface area contributed by atoms with Crippen LogP contribution in [0.1, 0.15) is 12.8 Å². The summed E-state index contributed by atoms with van der Waals surface area (Å²) < 4.78 is 5.39. The maximum absolute atomic E-state index is 11.3. The second kappa shape index (κ2) is 6.59. The average molecular weight is 237 g/mol. The van der Waals surface area contributed by atoms with Crippen molar-refractivity contribution in [1.29, 1.82) is 0 Å². The maximum Gasteiger partial charge on any atom is 0.267 e. The highest BCUT2D eigenvalue weighted by molar-refractivity contribution is 5.99. The number of pyridine rings is 1. The van der Waals surface area contributed by atoms with E-state index in [9.17, 15) is 9.59 Å². The lowest BCUT2D eigenvalue weighted by Crippen LogP contribution is -2.46. The molecule has 2 heterocycles. The molecule has 6 heteroatoms. The summed E-state index contributed by atoms with van der Waals surface area (Å²) in [6.45, 7) is 0. The Kier molecular flexibility index (Phi) is 5.09. The fourth-order valence-corrected chi connectivity index (χ4v) is 1.37. The van der Waals surface area contributed by atoms with Crippen LogP contribution in [0.2, 0.25) is 0 Å². The van der Waals surface area contributed by atoms with Crippen molar-refractivity contribution in [3.63, 3.8) is 0 Å². The Bertz CT molecular complexity index is 381. The predicted molar refractivity (Wildman–Crippen MR) is 61.1 cm³/mol. The number of amides is 2. The zero-order valence-corrected chi connectivity index (χ0v) is 9.55. The Labute approximate surface area is 99.2 Å². The number of hydrogen-bond donors (Lipinski definition) is 2. The van der Waals surface area contributed by atoms with Crippen molar-refractivity contribution < 1.29 is 14.3 Å². The topological polar surface area (TPSA) is 94.3 Å². The third-order valence-corrected chi connectivity index (χ3v) is 2.10. The molecule has 17 heavy (non-hydrogen) atoms. The lowest BCUT2D eigenvalue weighted by atomic mass is 10.1. The van der Waals surface area contributed by atoms with Gasteiger partial charge in [-0.15, -0.1) is 0 Å². The van der Waals surface area contributed by atoms with Crippen LogP contribution in [0.15, 0.2) is 24.5 Å². The molecule has 1 atom stereocenters. The number of carbonyl (C=O) groups is 2. The molecule has 2 rings (SSSR count). The zero-order chi connectivity index (χ0) is 12.7. The molecule has 1 fully saturated rings. The lowest BCUT2D eigenvalue weighted by Gasteiger charge is -2.21. The number of hydrogen-bond acceptors (Lipinski definition) is 5. The molecule has 6 nitrogen and oxygen atoms in total. The van der Waals surface area contributed by atoms with Gasteiger partial charge in [0.25, 0.3) is 5.91 Å². The number of nitrogens with zero attached hydrogens (tertiary/aromatic N) is 1. The monoisotopic (exact) mass is 237 g/mol. The molecule has 2 amide bonds. The molecule has 1 saturated heterocycles. The normalized spacial score (nSPS) is 18.8. The molecule has 92 valence electrons. The quantitative estimate of drug-likeness (QED) is 0.697. The molecule has 1 aromatic heterocycles. The van der Waals surface area contributed by atoms with Gasteiger partial charge in [0.2, 0.25) is 5.91 Å². The minimum atomic E-state index is -0.591. The number of aromatic nitrogens is 1. The van der Waals surface area contributed by atoms with Crippen LogP contribution in [0, 0.1) is 0 Å². The van der Waals surface area contributed by atoms with E-state index in [-0.39, 0.29) is 11.8 Å². The van der Waals surface area contributed by atoms with Gasteiger partial charge in [0, 0.05) is 19.0 Å². The van der Waals surface area contributed by atoms with Crippen LogP contribution in [0.25, 0.3) is 0 Å². The van der Waals surface area contributed by atoms with E-state index in [1.54, 1.807) is 18.3 Å². The molecule has 1 aliphatic rings. The molecule has 1 aliphatic heterocycles. The number of imide groups is 1. The second-order valence-corrected chi connectivity index (χ2v) is 3.25. The van der Waals surface area contributed by atoms with Gasteiger partial charge in [0.05, 0.1) is 6.20 Å². The Morgan fingerprint density at radius 1 is 1.47 bits per heavy atom. The molecular weight excluding hydrogens is 222 g/mol. The molecule has 0 aliphatic carbocycles. The van der Waals surface area contributed by atoms with E-state index in [1.807, 2.05) is 0 Å². The molecule has 0 saturated carbocycles. The van der Waals surface area contributed by atoms with E-state index in [2.05, 4.69) is 16.0 Å². The molecule has 0 radical (unpaired) electrons. The van der Waals surface area contributed by atoms with Crippen LogP contribution < -0.4 is 15.8 Å². The van der Waals surface area contributed by atoms with Crippen LogP contribution in [0.5, 0.6) is 5.75 Å². The second-order valence-electron chi connectivity index (χ2n) is 3.25. The van der Waals surface area contributed by atoms with Gasteiger partial charge in [-0.2, -0.15) is 0 Å². The van der Waals surface area contributed by atoms with Gasteiger partial charge in [-0.05, 0) is 19.2 Å². The van der Waals surface area contributed by atoms with Crippen LogP contribution in [0.4, 0.5) is 0 Å². The van der Waals surface area contributed by atoms with Crippen molar-refractivity contribution in [2.75, 3.05) is 7.05 Å². The third-order valence-electron chi connectivity index (χ3n) is 2.10. The fraction of sp³-hybridized carbons (Fsp3) is 0.364. The van der Waals surface area contributed by atoms with Crippen molar-refractivity contribution >= 4 is 11.8 Å². The van der Waals surface area contributed by atoms with Crippen molar-refractivity contribution in [1.82, 2.24) is 10.3 Å². The van der Waals surface area contributed by atoms with Gasteiger partial charge in [-0.25, -0.2) is 0 Å². The van der Waals surface area contributed by atoms with Crippen LogP contribution in [0.3, 0.4) is 0 Å². The number of nitrogens with one attached hydrogen (secondary N) is 1. The van der Waals surface area contributed by atoms with E-state index in [0.717, 1.165) is 0 Å². The molecular formula is C11H15N3O3. The summed E-state index contributed by atoms with van der Waals surface area (Å²) in [6.07, 6.45) is 3.30. The first-order valence-corrected chi connectivity index (χ1v) is 5.24. The van der Waals surface area contributed by atoms with E-state index >= 15 is 0 Å². The number of rotatable bonds is 2. The summed E-state index contributed by atoms with van der Waals surface area (Å²) >= 11 is 0. The zero-order valence-electron chi connectivity index (χ0n) is 9.55.